The first-order valence-corrected chi connectivity index (χ1v) is 7.26. The van der Waals surface area contributed by atoms with Crippen LogP contribution in [0, 0.1) is 3.57 Å². The highest BCUT2D eigenvalue weighted by atomic mass is 127. The van der Waals surface area contributed by atoms with Crippen LogP contribution < -0.4 is 10.1 Å². The summed E-state index contributed by atoms with van der Waals surface area (Å²) in [6.07, 6.45) is 4.74. The Hall–Kier alpha value is -1.37. The highest BCUT2D eigenvalue weighted by Crippen LogP contribution is 2.21. The van der Waals surface area contributed by atoms with Crippen molar-refractivity contribution < 1.29 is 4.74 Å². The van der Waals surface area contributed by atoms with Crippen LogP contribution in [0.1, 0.15) is 20.3 Å². The summed E-state index contributed by atoms with van der Waals surface area (Å²) < 4.78 is 6.79. The summed E-state index contributed by atoms with van der Waals surface area (Å²) in [5.41, 5.74) is 0.919. The Morgan fingerprint density at radius 1 is 1.32 bits per heavy atom. The van der Waals surface area contributed by atoms with Gasteiger partial charge in [-0.05, 0) is 48.1 Å². The van der Waals surface area contributed by atoms with Crippen molar-refractivity contribution >= 4 is 34.2 Å². The lowest BCUT2D eigenvalue weighted by atomic mass is 10.3. The third-order valence-corrected chi connectivity index (χ3v) is 3.18. The molecule has 0 fully saturated rings. The molecule has 1 unspecified atom stereocenters. The first kappa shape index (κ1) is 14.0. The molecule has 0 saturated carbocycles. The molecule has 0 saturated heterocycles. The lowest BCUT2D eigenvalue weighted by Crippen LogP contribution is -2.09. The zero-order valence-electron chi connectivity index (χ0n) is 10.9. The van der Waals surface area contributed by atoms with E-state index in [4.69, 9.17) is 4.74 Å². The molecule has 100 valence electrons. The number of ether oxygens (including phenoxy) is 1. The van der Waals surface area contributed by atoms with Crippen molar-refractivity contribution in [2.45, 2.75) is 26.4 Å². The number of halogens is 1. The van der Waals surface area contributed by atoms with E-state index < -0.39 is 0 Å². The van der Waals surface area contributed by atoms with Gasteiger partial charge in [0.1, 0.15) is 5.75 Å². The lowest BCUT2D eigenvalue weighted by Gasteiger charge is -2.13. The molecule has 1 aromatic heterocycles. The topological polar surface area (TPSA) is 47.0 Å². The molecular formula is C14H16IN3O. The van der Waals surface area contributed by atoms with Crippen molar-refractivity contribution in [1.82, 2.24) is 9.97 Å². The molecule has 1 aromatic carbocycles. The van der Waals surface area contributed by atoms with Gasteiger partial charge < -0.3 is 10.1 Å². The molecule has 19 heavy (non-hydrogen) atoms. The van der Waals surface area contributed by atoms with E-state index in [1.807, 2.05) is 24.3 Å². The molecule has 0 bridgehead atoms. The van der Waals surface area contributed by atoms with Crippen LogP contribution in [0.15, 0.2) is 36.7 Å². The maximum Gasteiger partial charge on any atom is 0.227 e. The van der Waals surface area contributed by atoms with E-state index in [2.05, 4.69) is 51.7 Å². The van der Waals surface area contributed by atoms with Gasteiger partial charge in [-0.2, -0.15) is 0 Å². The van der Waals surface area contributed by atoms with Crippen LogP contribution in [0.4, 0.5) is 11.6 Å². The summed E-state index contributed by atoms with van der Waals surface area (Å²) in [4.78, 5) is 8.42. The SMILES string of the molecule is CCC(C)Oc1cccc(Nc2ncc(I)cn2)c1. The van der Waals surface area contributed by atoms with Crippen LogP contribution >= 0.6 is 22.6 Å². The van der Waals surface area contributed by atoms with Gasteiger partial charge in [-0.15, -0.1) is 0 Å². The van der Waals surface area contributed by atoms with Crippen LogP contribution in [-0.4, -0.2) is 16.1 Å². The Morgan fingerprint density at radius 3 is 2.74 bits per heavy atom. The first-order valence-electron chi connectivity index (χ1n) is 6.18. The van der Waals surface area contributed by atoms with Gasteiger partial charge in [0, 0.05) is 27.7 Å². The molecule has 0 aliphatic heterocycles. The molecule has 0 aliphatic rings. The summed E-state index contributed by atoms with van der Waals surface area (Å²) in [5, 5.41) is 3.16. The van der Waals surface area contributed by atoms with Crippen molar-refractivity contribution in [3.05, 3.63) is 40.2 Å². The van der Waals surface area contributed by atoms with Crippen molar-refractivity contribution in [1.29, 1.82) is 0 Å². The van der Waals surface area contributed by atoms with Gasteiger partial charge in [0.25, 0.3) is 0 Å². The molecule has 1 heterocycles. The van der Waals surface area contributed by atoms with Crippen LogP contribution in [-0.2, 0) is 0 Å². The van der Waals surface area contributed by atoms with Crippen molar-refractivity contribution in [2.75, 3.05) is 5.32 Å². The van der Waals surface area contributed by atoms with Crippen LogP contribution in [0.5, 0.6) is 5.75 Å². The van der Waals surface area contributed by atoms with E-state index >= 15 is 0 Å². The molecule has 0 spiro atoms. The number of hydrogen-bond donors (Lipinski definition) is 1. The van der Waals surface area contributed by atoms with Gasteiger partial charge in [-0.25, -0.2) is 9.97 Å². The summed E-state index contributed by atoms with van der Waals surface area (Å²) in [7, 11) is 0. The minimum absolute atomic E-state index is 0.213. The van der Waals surface area contributed by atoms with E-state index in [0.717, 1.165) is 21.4 Å². The lowest BCUT2D eigenvalue weighted by molar-refractivity contribution is 0.217. The van der Waals surface area contributed by atoms with Gasteiger partial charge in [0.2, 0.25) is 5.95 Å². The maximum atomic E-state index is 5.78. The van der Waals surface area contributed by atoms with Crippen molar-refractivity contribution in [3.8, 4) is 5.75 Å². The second-order valence-corrected chi connectivity index (χ2v) is 5.46. The molecule has 0 radical (unpaired) electrons. The second kappa shape index (κ2) is 6.70. The molecular weight excluding hydrogens is 353 g/mol. The van der Waals surface area contributed by atoms with Gasteiger partial charge in [0.05, 0.1) is 6.10 Å². The second-order valence-electron chi connectivity index (χ2n) is 4.21. The number of benzene rings is 1. The van der Waals surface area contributed by atoms with E-state index in [1.54, 1.807) is 12.4 Å². The molecule has 1 N–H and O–H groups in total. The quantitative estimate of drug-likeness (QED) is 0.810. The Balaban J connectivity index is 2.08. The summed E-state index contributed by atoms with van der Waals surface area (Å²) in [6, 6.07) is 7.82. The van der Waals surface area contributed by atoms with E-state index in [1.165, 1.54) is 0 Å². The molecule has 0 amide bonds. The Labute approximate surface area is 126 Å². The molecule has 5 heteroatoms. The van der Waals surface area contributed by atoms with E-state index in [9.17, 15) is 0 Å². The molecule has 1 atom stereocenters. The molecule has 2 rings (SSSR count). The summed E-state index contributed by atoms with van der Waals surface area (Å²) >= 11 is 2.18. The van der Waals surface area contributed by atoms with Crippen molar-refractivity contribution in [3.63, 3.8) is 0 Å². The number of hydrogen-bond acceptors (Lipinski definition) is 4. The Morgan fingerprint density at radius 2 is 2.05 bits per heavy atom. The van der Waals surface area contributed by atoms with Crippen molar-refractivity contribution in [2.24, 2.45) is 0 Å². The summed E-state index contributed by atoms with van der Waals surface area (Å²) in [5.74, 6) is 1.44. The average molecular weight is 369 g/mol. The molecule has 2 aromatic rings. The van der Waals surface area contributed by atoms with Gasteiger partial charge in [-0.1, -0.05) is 13.0 Å². The van der Waals surface area contributed by atoms with Gasteiger partial charge in [-0.3, -0.25) is 0 Å². The van der Waals surface area contributed by atoms with E-state index in [0.29, 0.717) is 5.95 Å². The fourth-order valence-corrected chi connectivity index (χ4v) is 1.75. The smallest absolute Gasteiger partial charge is 0.227 e. The van der Waals surface area contributed by atoms with Crippen LogP contribution in [0.3, 0.4) is 0 Å². The largest absolute Gasteiger partial charge is 0.491 e. The predicted molar refractivity (Wildman–Crippen MR) is 84.9 cm³/mol. The number of rotatable bonds is 5. The minimum atomic E-state index is 0.213. The minimum Gasteiger partial charge on any atom is -0.491 e. The van der Waals surface area contributed by atoms with Gasteiger partial charge >= 0.3 is 0 Å². The summed E-state index contributed by atoms with van der Waals surface area (Å²) in [6.45, 7) is 4.16. The highest BCUT2D eigenvalue weighted by molar-refractivity contribution is 14.1. The molecule has 0 aliphatic carbocycles. The maximum absolute atomic E-state index is 5.78. The zero-order valence-corrected chi connectivity index (χ0v) is 13.1. The average Bonchev–Trinajstić information content (AvgIpc) is 2.42. The molecule has 4 nitrogen and oxygen atoms in total. The normalized spacial score (nSPS) is 11.9. The Bertz CT molecular complexity index is 530. The third kappa shape index (κ3) is 4.34. The fraction of sp³-hybridized carbons (Fsp3) is 0.286. The zero-order chi connectivity index (χ0) is 13.7. The fourth-order valence-electron chi connectivity index (χ4n) is 1.47. The van der Waals surface area contributed by atoms with Gasteiger partial charge in [0.15, 0.2) is 0 Å². The van der Waals surface area contributed by atoms with E-state index in [-0.39, 0.29) is 6.10 Å². The highest BCUT2D eigenvalue weighted by Gasteiger charge is 2.03. The first-order chi connectivity index (χ1) is 9.17. The monoisotopic (exact) mass is 369 g/mol. The Kier molecular flexibility index (Phi) is 4.95. The number of nitrogens with one attached hydrogen (secondary N) is 1. The number of aromatic nitrogens is 2. The van der Waals surface area contributed by atoms with Crippen LogP contribution in [0.2, 0.25) is 0 Å². The predicted octanol–water partition coefficient (Wildman–Crippen LogP) is 4.00. The number of nitrogens with zero attached hydrogens (tertiary/aromatic N) is 2. The standard InChI is InChI=1S/C14H16IN3O/c1-3-10(2)19-13-6-4-5-12(7-13)18-14-16-8-11(15)9-17-14/h4-10H,3H2,1-2H3,(H,16,17,18). The number of anilines is 2. The third-order valence-electron chi connectivity index (χ3n) is 2.62. The van der Waals surface area contributed by atoms with Crippen LogP contribution in [0.25, 0.3) is 0 Å².